The van der Waals surface area contributed by atoms with E-state index >= 15 is 0 Å². The first-order valence-corrected chi connectivity index (χ1v) is 4.62. The van der Waals surface area contributed by atoms with E-state index in [1.54, 1.807) is 31.2 Å². The molecule has 0 bridgehead atoms. The van der Waals surface area contributed by atoms with Crippen LogP contribution in [0.3, 0.4) is 0 Å². The van der Waals surface area contributed by atoms with Gasteiger partial charge < -0.3 is 9.84 Å². The van der Waals surface area contributed by atoms with Crippen molar-refractivity contribution in [3.8, 4) is 0 Å². The van der Waals surface area contributed by atoms with Crippen molar-refractivity contribution in [2.24, 2.45) is 5.73 Å². The van der Waals surface area contributed by atoms with Gasteiger partial charge in [-0.1, -0.05) is 24.3 Å². The minimum Gasteiger partial charge on any atom is -0.389 e. The Balaban J connectivity index is 0.00000225. The second-order valence-corrected chi connectivity index (χ2v) is 3.41. The number of hydrogen-bond acceptors (Lipinski definition) is 4. The van der Waals surface area contributed by atoms with Crippen molar-refractivity contribution in [1.82, 2.24) is 0 Å². The van der Waals surface area contributed by atoms with Crippen molar-refractivity contribution in [3.05, 3.63) is 35.4 Å². The molecule has 2 atom stereocenters. The van der Waals surface area contributed by atoms with Gasteiger partial charge in [-0.3, -0.25) is 10.5 Å². The van der Waals surface area contributed by atoms with Crippen LogP contribution in [0.2, 0.25) is 0 Å². The second-order valence-electron chi connectivity index (χ2n) is 3.41. The third kappa shape index (κ3) is 2.80. The molecule has 3 N–H and O–H groups in total. The zero-order valence-corrected chi connectivity index (χ0v) is 10.0. The highest BCUT2D eigenvalue weighted by Gasteiger charge is 2.32. The van der Waals surface area contributed by atoms with E-state index < -0.39 is 11.8 Å². The maximum atomic E-state index is 10.5. The molecule has 0 fully saturated rings. The van der Waals surface area contributed by atoms with Crippen LogP contribution in [-0.2, 0) is 10.5 Å². The lowest BCUT2D eigenvalue weighted by Gasteiger charge is -2.31. The maximum Gasteiger partial charge on any atom is 0.168 e. The molecule has 16 heavy (non-hydrogen) atoms. The molecule has 1 aromatic rings. The van der Waals surface area contributed by atoms with Crippen molar-refractivity contribution in [3.63, 3.8) is 0 Å². The van der Waals surface area contributed by atoms with Gasteiger partial charge in [0.15, 0.2) is 5.72 Å². The van der Waals surface area contributed by atoms with Crippen LogP contribution in [0.1, 0.15) is 22.8 Å². The number of carbonyl (C=O) groups excluding carboxylic acids is 1. The molecule has 0 aliphatic carbocycles. The lowest BCUT2D eigenvalue weighted by molar-refractivity contribution is -0.0970. The van der Waals surface area contributed by atoms with Crippen molar-refractivity contribution in [2.75, 3.05) is 7.11 Å². The Morgan fingerprint density at radius 2 is 1.94 bits per heavy atom. The average Bonchev–Trinajstić information content (AvgIpc) is 2.28. The first-order chi connectivity index (χ1) is 7.04. The van der Waals surface area contributed by atoms with Crippen LogP contribution < -0.4 is 5.73 Å². The quantitative estimate of drug-likeness (QED) is 0.615. The Labute approximate surface area is 101 Å². The van der Waals surface area contributed by atoms with E-state index in [0.717, 1.165) is 6.29 Å². The van der Waals surface area contributed by atoms with Crippen LogP contribution in [0.5, 0.6) is 0 Å². The van der Waals surface area contributed by atoms with Crippen LogP contribution in [0.4, 0.5) is 0 Å². The van der Waals surface area contributed by atoms with Gasteiger partial charge in [0.25, 0.3) is 0 Å². The number of aliphatic hydroxyl groups excluding tert-OH is 1. The molecule has 0 aliphatic heterocycles. The summed E-state index contributed by atoms with van der Waals surface area (Å²) in [5.74, 6) is 0. The molecule has 0 spiro atoms. The monoisotopic (exact) mass is 245 g/mol. The largest absolute Gasteiger partial charge is 0.389 e. The maximum absolute atomic E-state index is 10.5. The molecule has 0 heterocycles. The fourth-order valence-corrected chi connectivity index (χ4v) is 1.35. The molecule has 0 aromatic heterocycles. The highest BCUT2D eigenvalue weighted by atomic mass is 35.5. The van der Waals surface area contributed by atoms with Crippen molar-refractivity contribution in [2.45, 2.75) is 18.8 Å². The number of nitrogens with two attached hydrogens (primary N) is 1. The second kappa shape index (κ2) is 5.96. The number of rotatable bonds is 4. The normalized spacial score (nSPS) is 15.8. The van der Waals surface area contributed by atoms with Crippen LogP contribution in [0, 0.1) is 0 Å². The van der Waals surface area contributed by atoms with Crippen LogP contribution in [0.15, 0.2) is 24.3 Å². The van der Waals surface area contributed by atoms with Gasteiger partial charge in [0.2, 0.25) is 0 Å². The summed E-state index contributed by atoms with van der Waals surface area (Å²) in [7, 11) is 1.43. The predicted octanol–water partition coefficient (Wildman–Crippen LogP) is 1.06. The van der Waals surface area contributed by atoms with Gasteiger partial charge in [-0.05, 0) is 6.92 Å². The van der Waals surface area contributed by atoms with E-state index in [4.69, 9.17) is 10.5 Å². The molecule has 4 nitrogen and oxygen atoms in total. The molecule has 5 heteroatoms. The molecule has 1 rings (SSSR count). The zero-order chi connectivity index (χ0) is 11.5. The Bertz CT molecular complexity index is 340. The Hall–Kier alpha value is -0.940. The summed E-state index contributed by atoms with van der Waals surface area (Å²) in [6.07, 6.45) is -0.0958. The summed E-state index contributed by atoms with van der Waals surface area (Å²) in [5.41, 5.74) is 5.85. The summed E-state index contributed by atoms with van der Waals surface area (Å²) in [4.78, 5) is 10.5. The van der Waals surface area contributed by atoms with Crippen molar-refractivity contribution >= 4 is 18.7 Å². The molecule has 0 unspecified atom stereocenters. The molecular weight excluding hydrogens is 230 g/mol. The standard InChI is InChI=1S/C11H15NO3.ClH/c1-8(14)11(12,15-2)10-5-3-9(7-13)4-6-10;/h3-8,14H,12H2,1-2H3;1H/t8-,11+;/m0./s1. The minimum atomic E-state index is -1.23. The summed E-state index contributed by atoms with van der Waals surface area (Å²) in [6, 6.07) is 6.59. The summed E-state index contributed by atoms with van der Waals surface area (Å²) < 4.78 is 5.10. The first-order valence-electron chi connectivity index (χ1n) is 4.62. The highest BCUT2D eigenvalue weighted by molar-refractivity contribution is 5.85. The molecule has 0 aliphatic rings. The van der Waals surface area contributed by atoms with Gasteiger partial charge in [-0.15, -0.1) is 12.4 Å². The molecule has 1 aromatic carbocycles. The van der Waals surface area contributed by atoms with Crippen molar-refractivity contribution < 1.29 is 14.6 Å². The fourth-order valence-electron chi connectivity index (χ4n) is 1.35. The summed E-state index contributed by atoms with van der Waals surface area (Å²) in [6.45, 7) is 1.55. The Morgan fingerprint density at radius 1 is 1.44 bits per heavy atom. The van der Waals surface area contributed by atoms with Crippen LogP contribution in [0.25, 0.3) is 0 Å². The predicted molar refractivity (Wildman–Crippen MR) is 63.6 cm³/mol. The first kappa shape index (κ1) is 15.1. The number of halogens is 1. The molecular formula is C11H16ClNO3. The molecule has 0 radical (unpaired) electrons. The third-order valence-corrected chi connectivity index (χ3v) is 2.46. The van der Waals surface area contributed by atoms with Gasteiger partial charge in [0, 0.05) is 18.2 Å². The van der Waals surface area contributed by atoms with Gasteiger partial charge in [-0.2, -0.15) is 0 Å². The third-order valence-electron chi connectivity index (χ3n) is 2.46. The number of benzene rings is 1. The zero-order valence-electron chi connectivity index (χ0n) is 9.21. The van der Waals surface area contributed by atoms with E-state index in [9.17, 15) is 9.90 Å². The number of hydrogen-bond donors (Lipinski definition) is 2. The number of aliphatic hydroxyl groups is 1. The van der Waals surface area contributed by atoms with Gasteiger partial charge in [-0.25, -0.2) is 0 Å². The minimum absolute atomic E-state index is 0. The highest BCUT2D eigenvalue weighted by Crippen LogP contribution is 2.23. The molecule has 90 valence electrons. The number of ether oxygens (including phenoxy) is 1. The molecule has 0 amide bonds. The SMILES string of the molecule is CO[C@@](N)(c1ccc(C=O)cc1)[C@H](C)O.Cl. The lowest BCUT2D eigenvalue weighted by Crippen LogP contribution is -2.48. The number of carbonyl (C=O) groups is 1. The molecule has 0 saturated carbocycles. The fraction of sp³-hybridized carbons (Fsp3) is 0.364. The van der Waals surface area contributed by atoms with E-state index in [0.29, 0.717) is 11.1 Å². The average molecular weight is 246 g/mol. The van der Waals surface area contributed by atoms with Gasteiger partial charge >= 0.3 is 0 Å². The Kier molecular flexibility index (Phi) is 5.61. The van der Waals surface area contributed by atoms with Crippen LogP contribution >= 0.6 is 12.4 Å². The van der Waals surface area contributed by atoms with E-state index in [-0.39, 0.29) is 12.4 Å². The summed E-state index contributed by atoms with van der Waals surface area (Å²) in [5, 5.41) is 9.53. The van der Waals surface area contributed by atoms with Gasteiger partial charge in [0.1, 0.15) is 6.29 Å². The van der Waals surface area contributed by atoms with Crippen molar-refractivity contribution in [1.29, 1.82) is 0 Å². The van der Waals surface area contributed by atoms with E-state index in [2.05, 4.69) is 0 Å². The molecule has 0 saturated heterocycles. The number of methoxy groups -OCH3 is 1. The smallest absolute Gasteiger partial charge is 0.168 e. The Morgan fingerprint density at radius 3 is 2.25 bits per heavy atom. The lowest BCUT2D eigenvalue weighted by atomic mass is 9.97. The summed E-state index contributed by atoms with van der Waals surface area (Å²) >= 11 is 0. The van der Waals surface area contributed by atoms with Crippen LogP contribution in [-0.4, -0.2) is 24.6 Å². The number of aldehydes is 1. The van der Waals surface area contributed by atoms with E-state index in [1.165, 1.54) is 7.11 Å². The topological polar surface area (TPSA) is 72.5 Å². The van der Waals surface area contributed by atoms with E-state index in [1.807, 2.05) is 0 Å². The van der Waals surface area contributed by atoms with Gasteiger partial charge in [0.05, 0.1) is 6.10 Å².